The summed E-state index contributed by atoms with van der Waals surface area (Å²) < 4.78 is 38.7. The molecule has 8 heteroatoms. The summed E-state index contributed by atoms with van der Waals surface area (Å²) in [5.74, 6) is -1.08. The summed E-state index contributed by atoms with van der Waals surface area (Å²) in [6, 6.07) is 2.38. The van der Waals surface area contributed by atoms with Gasteiger partial charge in [0, 0.05) is 12.6 Å². The number of nitrogens with zero attached hydrogens (tertiary/aromatic N) is 1. The zero-order valence-electron chi connectivity index (χ0n) is 9.51. The monoisotopic (exact) mass is 274 g/mol. The predicted molar refractivity (Wildman–Crippen MR) is 63.1 cm³/mol. The van der Waals surface area contributed by atoms with Crippen LogP contribution in [0, 0.1) is 15.9 Å². The first-order chi connectivity index (χ1) is 8.24. The van der Waals surface area contributed by atoms with Gasteiger partial charge in [-0.05, 0) is 19.1 Å². The SMILES string of the molecule is C=C(C)CNS(=O)(=O)c1ccc(F)c([N+](=O)[O-])c1. The second-order valence-corrected chi connectivity index (χ2v) is 5.42. The highest BCUT2D eigenvalue weighted by atomic mass is 32.2. The van der Waals surface area contributed by atoms with Gasteiger partial charge in [-0.2, -0.15) is 4.39 Å². The molecular weight excluding hydrogens is 263 g/mol. The Bertz CT molecular complexity index is 598. The summed E-state index contributed by atoms with van der Waals surface area (Å²) in [6.07, 6.45) is 0. The van der Waals surface area contributed by atoms with Crippen molar-refractivity contribution >= 4 is 15.7 Å². The van der Waals surface area contributed by atoms with Gasteiger partial charge in [0.2, 0.25) is 15.8 Å². The maximum Gasteiger partial charge on any atom is 0.306 e. The molecule has 0 saturated heterocycles. The molecule has 6 nitrogen and oxygen atoms in total. The Kier molecular flexibility index (Phi) is 4.15. The standard InChI is InChI=1S/C10H11FN2O4S/c1-7(2)6-12-18(16,17)8-3-4-9(11)10(5-8)13(14)15/h3-5,12H,1,6H2,2H3. The average molecular weight is 274 g/mol. The molecule has 0 amide bonds. The highest BCUT2D eigenvalue weighted by Crippen LogP contribution is 2.21. The zero-order chi connectivity index (χ0) is 13.9. The fourth-order valence-corrected chi connectivity index (χ4v) is 2.22. The Morgan fingerprint density at radius 3 is 2.67 bits per heavy atom. The molecule has 0 spiro atoms. The Morgan fingerprint density at radius 1 is 1.56 bits per heavy atom. The van der Waals surface area contributed by atoms with Crippen LogP contribution in [0.2, 0.25) is 0 Å². The smallest absolute Gasteiger partial charge is 0.258 e. The average Bonchev–Trinajstić information content (AvgIpc) is 2.26. The summed E-state index contributed by atoms with van der Waals surface area (Å²) in [7, 11) is -3.91. The van der Waals surface area contributed by atoms with Gasteiger partial charge in [0.1, 0.15) is 0 Å². The molecule has 1 rings (SSSR count). The lowest BCUT2D eigenvalue weighted by atomic mass is 10.3. The van der Waals surface area contributed by atoms with Gasteiger partial charge >= 0.3 is 5.69 Å². The molecule has 0 bridgehead atoms. The second-order valence-electron chi connectivity index (χ2n) is 3.65. The lowest BCUT2D eigenvalue weighted by molar-refractivity contribution is -0.387. The van der Waals surface area contributed by atoms with Crippen LogP contribution in [-0.4, -0.2) is 19.9 Å². The van der Waals surface area contributed by atoms with E-state index in [1.54, 1.807) is 6.92 Å². The molecule has 1 aromatic rings. The van der Waals surface area contributed by atoms with E-state index in [9.17, 15) is 22.9 Å². The third-order valence-corrected chi connectivity index (χ3v) is 3.39. The molecule has 0 fully saturated rings. The van der Waals surface area contributed by atoms with E-state index in [4.69, 9.17) is 0 Å². The van der Waals surface area contributed by atoms with Gasteiger partial charge in [-0.1, -0.05) is 12.2 Å². The van der Waals surface area contributed by atoms with Crippen LogP contribution < -0.4 is 4.72 Å². The van der Waals surface area contributed by atoms with Crippen LogP contribution in [0.4, 0.5) is 10.1 Å². The Labute approximate surface area is 103 Å². The van der Waals surface area contributed by atoms with Crippen molar-refractivity contribution in [2.24, 2.45) is 0 Å². The number of nitro groups is 1. The van der Waals surface area contributed by atoms with Gasteiger partial charge in [0.15, 0.2) is 0 Å². The number of sulfonamides is 1. The predicted octanol–water partition coefficient (Wildman–Crippen LogP) is 1.59. The van der Waals surface area contributed by atoms with Gasteiger partial charge in [-0.15, -0.1) is 0 Å². The molecule has 0 radical (unpaired) electrons. The second kappa shape index (κ2) is 5.23. The van der Waals surface area contributed by atoms with Crippen molar-refractivity contribution in [1.82, 2.24) is 4.72 Å². The summed E-state index contributed by atoms with van der Waals surface area (Å²) in [5, 5.41) is 10.5. The van der Waals surface area contributed by atoms with Gasteiger partial charge in [-0.25, -0.2) is 13.1 Å². The number of rotatable bonds is 5. The van der Waals surface area contributed by atoms with E-state index in [2.05, 4.69) is 11.3 Å². The van der Waals surface area contributed by atoms with Crippen molar-refractivity contribution in [3.05, 3.63) is 46.3 Å². The van der Waals surface area contributed by atoms with E-state index in [0.717, 1.165) is 12.1 Å². The number of benzene rings is 1. The van der Waals surface area contributed by atoms with Gasteiger partial charge in [-0.3, -0.25) is 10.1 Å². The van der Waals surface area contributed by atoms with Crippen molar-refractivity contribution < 1.29 is 17.7 Å². The van der Waals surface area contributed by atoms with Gasteiger partial charge in [0.05, 0.1) is 9.82 Å². The number of nitrogens with one attached hydrogen (secondary N) is 1. The maximum atomic E-state index is 13.1. The van der Waals surface area contributed by atoms with E-state index < -0.39 is 26.5 Å². The molecule has 0 aromatic heterocycles. The first-order valence-electron chi connectivity index (χ1n) is 4.82. The van der Waals surface area contributed by atoms with E-state index in [1.807, 2.05) is 0 Å². The number of hydrogen-bond donors (Lipinski definition) is 1. The molecule has 0 saturated carbocycles. The normalized spacial score (nSPS) is 11.2. The highest BCUT2D eigenvalue weighted by Gasteiger charge is 2.21. The zero-order valence-corrected chi connectivity index (χ0v) is 10.3. The molecular formula is C10H11FN2O4S. The number of hydrogen-bond acceptors (Lipinski definition) is 4. The van der Waals surface area contributed by atoms with Crippen LogP contribution in [0.15, 0.2) is 35.2 Å². The molecule has 1 N–H and O–H groups in total. The molecule has 98 valence electrons. The molecule has 0 aliphatic heterocycles. The molecule has 0 atom stereocenters. The molecule has 1 aromatic carbocycles. The molecule has 0 aliphatic carbocycles. The minimum atomic E-state index is -3.91. The van der Waals surface area contributed by atoms with Crippen LogP contribution in [-0.2, 0) is 10.0 Å². The lowest BCUT2D eigenvalue weighted by Crippen LogP contribution is -2.25. The Hall–Kier alpha value is -1.80. The van der Waals surface area contributed by atoms with Gasteiger partial charge in [0.25, 0.3) is 0 Å². The van der Waals surface area contributed by atoms with Crippen LogP contribution in [0.1, 0.15) is 6.92 Å². The molecule has 0 aliphatic rings. The van der Waals surface area contributed by atoms with E-state index >= 15 is 0 Å². The van der Waals surface area contributed by atoms with Crippen molar-refractivity contribution in [2.45, 2.75) is 11.8 Å². The fraction of sp³-hybridized carbons (Fsp3) is 0.200. The Balaban J connectivity index is 3.14. The third kappa shape index (κ3) is 3.34. The number of halogens is 1. The van der Waals surface area contributed by atoms with E-state index in [-0.39, 0.29) is 11.4 Å². The minimum Gasteiger partial charge on any atom is -0.258 e. The minimum absolute atomic E-state index is 0.00745. The third-order valence-electron chi connectivity index (χ3n) is 1.99. The summed E-state index contributed by atoms with van der Waals surface area (Å²) in [4.78, 5) is 9.16. The van der Waals surface area contributed by atoms with Crippen molar-refractivity contribution in [2.75, 3.05) is 6.54 Å². The molecule has 0 heterocycles. The fourth-order valence-electron chi connectivity index (χ4n) is 1.10. The van der Waals surface area contributed by atoms with Crippen LogP contribution in [0.25, 0.3) is 0 Å². The van der Waals surface area contributed by atoms with E-state index in [0.29, 0.717) is 11.6 Å². The topological polar surface area (TPSA) is 89.3 Å². The van der Waals surface area contributed by atoms with Crippen molar-refractivity contribution in [3.63, 3.8) is 0 Å². The Morgan fingerprint density at radius 2 is 2.17 bits per heavy atom. The van der Waals surface area contributed by atoms with Crippen LogP contribution >= 0.6 is 0 Å². The lowest BCUT2D eigenvalue weighted by Gasteiger charge is -2.06. The van der Waals surface area contributed by atoms with Crippen molar-refractivity contribution in [3.8, 4) is 0 Å². The number of nitro benzene ring substituents is 1. The summed E-state index contributed by atoms with van der Waals surface area (Å²) in [5.41, 5.74) is -0.302. The first-order valence-corrected chi connectivity index (χ1v) is 6.30. The van der Waals surface area contributed by atoms with Crippen LogP contribution in [0.3, 0.4) is 0 Å². The van der Waals surface area contributed by atoms with E-state index in [1.165, 1.54) is 0 Å². The highest BCUT2D eigenvalue weighted by molar-refractivity contribution is 7.89. The largest absolute Gasteiger partial charge is 0.306 e. The summed E-state index contributed by atoms with van der Waals surface area (Å²) >= 11 is 0. The van der Waals surface area contributed by atoms with Gasteiger partial charge < -0.3 is 0 Å². The van der Waals surface area contributed by atoms with Crippen molar-refractivity contribution in [1.29, 1.82) is 0 Å². The quantitative estimate of drug-likeness (QED) is 0.501. The summed E-state index contributed by atoms with van der Waals surface area (Å²) in [6.45, 7) is 5.14. The first kappa shape index (κ1) is 14.3. The molecule has 0 unspecified atom stereocenters. The maximum absolute atomic E-state index is 13.1. The molecule has 18 heavy (non-hydrogen) atoms. The van der Waals surface area contributed by atoms with Crippen LogP contribution in [0.5, 0.6) is 0 Å².